The van der Waals surface area contributed by atoms with E-state index in [1.165, 1.54) is 36.8 Å². The molecule has 0 saturated carbocycles. The highest BCUT2D eigenvalue weighted by Crippen LogP contribution is 2.17. The molecular weight excluding hydrogens is 196 g/mol. The van der Waals surface area contributed by atoms with Gasteiger partial charge in [0.25, 0.3) is 0 Å². The molecule has 0 saturated heterocycles. The van der Waals surface area contributed by atoms with Crippen molar-refractivity contribution in [2.75, 3.05) is 6.61 Å². The van der Waals surface area contributed by atoms with Crippen LogP contribution in [0.25, 0.3) is 0 Å². The quantitative estimate of drug-likeness (QED) is 0.603. The van der Waals surface area contributed by atoms with Gasteiger partial charge in [0.05, 0.1) is 6.61 Å². The monoisotopic (exact) mass is 224 g/mol. The summed E-state index contributed by atoms with van der Waals surface area (Å²) in [4.78, 5) is 0. The molecule has 1 heteroatoms. The van der Waals surface area contributed by atoms with Gasteiger partial charge in [0, 0.05) is 0 Å². The maximum atomic E-state index is 8.73. The highest BCUT2D eigenvalue weighted by atomic mass is 16.2. The summed E-state index contributed by atoms with van der Waals surface area (Å²) in [6.45, 7) is 8.94. The third-order valence-corrected chi connectivity index (χ3v) is 2.92. The molecule has 0 radical (unpaired) electrons. The largest absolute Gasteiger partial charge is 0.392 e. The molecule has 16 heavy (non-hydrogen) atoms. The van der Waals surface area contributed by atoms with Gasteiger partial charge in [-0.3, -0.25) is 0 Å². The fourth-order valence-electron chi connectivity index (χ4n) is 1.79. The molecule has 0 aliphatic heterocycles. The minimum Gasteiger partial charge on any atom is -0.392 e. The van der Waals surface area contributed by atoms with Crippen molar-refractivity contribution in [2.45, 2.75) is 59.8 Å². The van der Waals surface area contributed by atoms with Crippen LogP contribution in [0.5, 0.6) is 0 Å². The summed E-state index contributed by atoms with van der Waals surface area (Å²) in [6, 6.07) is 0. The third kappa shape index (κ3) is 9.97. The Bertz CT molecular complexity index is 222. The molecule has 0 aromatic carbocycles. The van der Waals surface area contributed by atoms with E-state index in [0.717, 1.165) is 12.3 Å². The summed E-state index contributed by atoms with van der Waals surface area (Å²) >= 11 is 0. The third-order valence-electron chi connectivity index (χ3n) is 2.92. The summed E-state index contributed by atoms with van der Waals surface area (Å²) in [5.74, 6) is 0.817. The molecule has 0 rings (SSSR count). The minimum atomic E-state index is 0.182. The van der Waals surface area contributed by atoms with E-state index in [1.807, 2.05) is 6.08 Å². The second-order valence-corrected chi connectivity index (χ2v) is 5.09. The number of allylic oxidation sites excluding steroid dienone is 3. The van der Waals surface area contributed by atoms with Crippen molar-refractivity contribution in [3.05, 3.63) is 23.3 Å². The molecule has 1 N–H and O–H groups in total. The zero-order chi connectivity index (χ0) is 12.4. The van der Waals surface area contributed by atoms with E-state index < -0.39 is 0 Å². The molecule has 1 unspecified atom stereocenters. The van der Waals surface area contributed by atoms with Crippen LogP contribution in [0.4, 0.5) is 0 Å². The normalized spacial score (nSPS) is 13.7. The number of hydrogen-bond acceptors (Lipinski definition) is 1. The summed E-state index contributed by atoms with van der Waals surface area (Å²) in [5, 5.41) is 8.73. The van der Waals surface area contributed by atoms with E-state index in [1.54, 1.807) is 0 Å². The first kappa shape index (κ1) is 15.4. The smallest absolute Gasteiger partial charge is 0.0614 e. The lowest BCUT2D eigenvalue weighted by Crippen LogP contribution is -1.94. The maximum absolute atomic E-state index is 8.73. The Morgan fingerprint density at radius 1 is 1.12 bits per heavy atom. The highest BCUT2D eigenvalue weighted by molar-refractivity contribution is 4.97. The average Bonchev–Trinajstić information content (AvgIpc) is 2.17. The van der Waals surface area contributed by atoms with Crippen molar-refractivity contribution in [1.82, 2.24) is 0 Å². The molecule has 0 aromatic rings. The second-order valence-electron chi connectivity index (χ2n) is 5.09. The van der Waals surface area contributed by atoms with Gasteiger partial charge in [-0.1, -0.05) is 36.6 Å². The molecule has 0 aliphatic rings. The van der Waals surface area contributed by atoms with Crippen LogP contribution in [0, 0.1) is 5.92 Å². The Kier molecular flexibility index (Phi) is 9.31. The minimum absolute atomic E-state index is 0.182. The molecule has 0 heterocycles. The summed E-state index contributed by atoms with van der Waals surface area (Å²) in [6.07, 6.45) is 10.4. The van der Waals surface area contributed by atoms with E-state index in [0.29, 0.717) is 0 Å². The number of aliphatic hydroxyl groups is 1. The maximum Gasteiger partial charge on any atom is 0.0614 e. The number of aliphatic hydroxyl groups excluding tert-OH is 1. The topological polar surface area (TPSA) is 20.2 Å². The molecule has 1 nitrogen and oxygen atoms in total. The molecule has 0 bridgehead atoms. The lowest BCUT2D eigenvalue weighted by atomic mass is 9.97. The first-order valence-electron chi connectivity index (χ1n) is 6.46. The molecule has 0 amide bonds. The van der Waals surface area contributed by atoms with Gasteiger partial charge in [0.2, 0.25) is 0 Å². The van der Waals surface area contributed by atoms with Gasteiger partial charge in [0.1, 0.15) is 0 Å². The van der Waals surface area contributed by atoms with Crippen LogP contribution in [0.2, 0.25) is 0 Å². The van der Waals surface area contributed by atoms with Crippen molar-refractivity contribution >= 4 is 0 Å². The van der Waals surface area contributed by atoms with Gasteiger partial charge in [0.15, 0.2) is 0 Å². The number of hydrogen-bond donors (Lipinski definition) is 1. The summed E-state index contributed by atoms with van der Waals surface area (Å²) in [5.41, 5.74) is 2.74. The van der Waals surface area contributed by atoms with E-state index in [2.05, 4.69) is 33.8 Å². The Labute approximate surface area is 101 Å². The lowest BCUT2D eigenvalue weighted by molar-refractivity contribution is 0.341. The first-order chi connectivity index (χ1) is 7.56. The van der Waals surface area contributed by atoms with E-state index >= 15 is 0 Å². The van der Waals surface area contributed by atoms with Crippen LogP contribution in [-0.4, -0.2) is 11.7 Å². The van der Waals surface area contributed by atoms with Crippen molar-refractivity contribution in [3.8, 4) is 0 Å². The van der Waals surface area contributed by atoms with Crippen molar-refractivity contribution in [3.63, 3.8) is 0 Å². The number of rotatable bonds is 8. The molecule has 0 aliphatic carbocycles. The highest BCUT2D eigenvalue weighted by Gasteiger charge is 2.01. The van der Waals surface area contributed by atoms with E-state index in [-0.39, 0.29) is 6.61 Å². The molecule has 0 aromatic heterocycles. The lowest BCUT2D eigenvalue weighted by Gasteiger charge is -2.10. The Hall–Kier alpha value is -0.560. The van der Waals surface area contributed by atoms with Crippen molar-refractivity contribution in [1.29, 1.82) is 0 Å². The first-order valence-corrected chi connectivity index (χ1v) is 6.46. The molecule has 1 atom stereocenters. The average molecular weight is 224 g/mol. The van der Waals surface area contributed by atoms with Crippen molar-refractivity contribution < 1.29 is 5.11 Å². The Morgan fingerprint density at radius 3 is 2.38 bits per heavy atom. The zero-order valence-electron chi connectivity index (χ0n) is 11.4. The van der Waals surface area contributed by atoms with Gasteiger partial charge in [-0.25, -0.2) is 0 Å². The Morgan fingerprint density at radius 2 is 1.81 bits per heavy atom. The van der Waals surface area contributed by atoms with Gasteiger partial charge >= 0.3 is 0 Å². The predicted octanol–water partition coefficient (Wildman–Crippen LogP) is 4.48. The van der Waals surface area contributed by atoms with Gasteiger partial charge in [-0.15, -0.1) is 0 Å². The zero-order valence-corrected chi connectivity index (χ0v) is 11.4. The van der Waals surface area contributed by atoms with E-state index in [4.69, 9.17) is 5.11 Å². The van der Waals surface area contributed by atoms with Crippen LogP contribution >= 0.6 is 0 Å². The summed E-state index contributed by atoms with van der Waals surface area (Å²) in [7, 11) is 0. The van der Waals surface area contributed by atoms with Crippen LogP contribution in [0.1, 0.15) is 59.8 Å². The fraction of sp³-hybridized carbons (Fsp3) is 0.733. The van der Waals surface area contributed by atoms with Crippen LogP contribution < -0.4 is 0 Å². The van der Waals surface area contributed by atoms with Gasteiger partial charge < -0.3 is 5.11 Å². The molecule has 0 spiro atoms. The summed E-state index contributed by atoms with van der Waals surface area (Å²) < 4.78 is 0. The molecular formula is C15H28O. The Balaban J connectivity index is 3.54. The standard InChI is InChI=1S/C15H28O/c1-13(2)7-5-8-14(3)9-6-10-15(4)11-12-16/h7,11,14,16H,5-6,8-10,12H2,1-4H3/b15-11+. The van der Waals surface area contributed by atoms with Crippen LogP contribution in [0.15, 0.2) is 23.3 Å². The van der Waals surface area contributed by atoms with E-state index in [9.17, 15) is 0 Å². The van der Waals surface area contributed by atoms with Crippen LogP contribution in [0.3, 0.4) is 0 Å². The van der Waals surface area contributed by atoms with Crippen LogP contribution in [-0.2, 0) is 0 Å². The van der Waals surface area contributed by atoms with Gasteiger partial charge in [-0.2, -0.15) is 0 Å². The molecule has 94 valence electrons. The second kappa shape index (κ2) is 9.65. The van der Waals surface area contributed by atoms with Crippen molar-refractivity contribution in [2.24, 2.45) is 5.92 Å². The van der Waals surface area contributed by atoms with Gasteiger partial charge in [-0.05, 0) is 52.4 Å². The molecule has 0 fully saturated rings. The predicted molar refractivity (Wildman–Crippen MR) is 72.5 cm³/mol. The fourth-order valence-corrected chi connectivity index (χ4v) is 1.79. The SMILES string of the molecule is CC(C)=CCCC(C)CCC/C(C)=C/CO.